The van der Waals surface area contributed by atoms with Gasteiger partial charge in [0.25, 0.3) is 0 Å². The third-order valence-corrected chi connectivity index (χ3v) is 5.55. The molecule has 1 amide bonds. The van der Waals surface area contributed by atoms with E-state index in [1.807, 2.05) is 42.5 Å². The Morgan fingerprint density at radius 3 is 2.61 bits per heavy atom. The first-order valence-electron chi connectivity index (χ1n) is 9.20. The van der Waals surface area contributed by atoms with Crippen LogP contribution in [0.25, 0.3) is 6.08 Å². The Morgan fingerprint density at radius 2 is 2.00 bits per heavy atom. The highest BCUT2D eigenvalue weighted by atomic mass is 16.4. The summed E-state index contributed by atoms with van der Waals surface area (Å²) < 4.78 is 0. The smallest absolute Gasteiger partial charge is 0.408 e. The number of amides is 1. The lowest BCUT2D eigenvalue weighted by Gasteiger charge is -2.39. The molecular weight excluding hydrogens is 350 g/mol. The van der Waals surface area contributed by atoms with Crippen molar-refractivity contribution in [2.45, 2.75) is 31.3 Å². The molecule has 3 unspecified atom stereocenters. The molecule has 1 saturated heterocycles. The molecule has 0 spiro atoms. The fourth-order valence-corrected chi connectivity index (χ4v) is 4.24. The summed E-state index contributed by atoms with van der Waals surface area (Å²) in [5.74, 6) is -0.378. The lowest BCUT2D eigenvalue weighted by molar-refractivity contribution is 0.116. The second-order valence-corrected chi connectivity index (χ2v) is 7.07. The standard InChI is InChI=1S/C23H21N3O2/c1-2-7-19-20(14-18-11-12-21(19)26(18)22(27)28)23(15-24,16-25)13-6-10-17-8-4-3-5-9-17/h3-10,14,18-19,21H,1,11-13H2,(H,27,28). The molecule has 0 aliphatic carbocycles. The molecule has 2 aliphatic heterocycles. The first kappa shape index (κ1) is 19.2. The molecular formula is C23H21N3O2. The Kier molecular flexibility index (Phi) is 5.50. The van der Waals surface area contributed by atoms with E-state index < -0.39 is 11.5 Å². The molecule has 1 N–H and O–H groups in total. The highest BCUT2D eigenvalue weighted by Gasteiger charge is 2.50. The number of allylic oxidation sites excluding steroid dienone is 1. The Balaban J connectivity index is 1.98. The average Bonchev–Trinajstić information content (AvgIpc) is 3.05. The topological polar surface area (TPSA) is 88.1 Å². The van der Waals surface area contributed by atoms with Crippen LogP contribution in [0.4, 0.5) is 4.79 Å². The van der Waals surface area contributed by atoms with Gasteiger partial charge in [0.2, 0.25) is 0 Å². The van der Waals surface area contributed by atoms with E-state index in [-0.39, 0.29) is 24.4 Å². The van der Waals surface area contributed by atoms with E-state index in [4.69, 9.17) is 0 Å². The Labute approximate surface area is 164 Å². The molecule has 0 saturated carbocycles. The SMILES string of the molecule is C=C=CC1C(C(C#N)(C#N)CC=Cc2ccccc2)=CC2CCC1N2C(=O)O. The zero-order valence-corrected chi connectivity index (χ0v) is 15.5. The second kappa shape index (κ2) is 8.01. The normalized spacial score (nSPS) is 23.4. The molecule has 0 radical (unpaired) electrons. The van der Waals surface area contributed by atoms with Gasteiger partial charge in [0, 0.05) is 18.4 Å². The van der Waals surface area contributed by atoms with Crippen LogP contribution in [0.3, 0.4) is 0 Å². The third-order valence-electron chi connectivity index (χ3n) is 5.55. The van der Waals surface area contributed by atoms with Crippen LogP contribution >= 0.6 is 0 Å². The number of rotatable bonds is 5. The van der Waals surface area contributed by atoms with Gasteiger partial charge in [-0.2, -0.15) is 10.5 Å². The number of carbonyl (C=O) groups is 1. The maximum atomic E-state index is 11.7. The summed E-state index contributed by atoms with van der Waals surface area (Å²) in [7, 11) is 0. The van der Waals surface area contributed by atoms with Crippen molar-refractivity contribution in [1.29, 1.82) is 10.5 Å². The van der Waals surface area contributed by atoms with Crippen LogP contribution in [0.5, 0.6) is 0 Å². The zero-order valence-electron chi connectivity index (χ0n) is 15.5. The lowest BCUT2D eigenvalue weighted by atomic mass is 9.70. The number of nitriles is 2. The first-order valence-corrected chi connectivity index (χ1v) is 9.20. The van der Waals surface area contributed by atoms with Crippen LogP contribution in [0.2, 0.25) is 0 Å². The summed E-state index contributed by atoms with van der Waals surface area (Å²) in [6.45, 7) is 3.62. The van der Waals surface area contributed by atoms with Gasteiger partial charge in [-0.3, -0.25) is 4.90 Å². The number of nitrogens with zero attached hydrogens (tertiary/aromatic N) is 3. The van der Waals surface area contributed by atoms with Gasteiger partial charge in [0.05, 0.1) is 18.2 Å². The van der Waals surface area contributed by atoms with E-state index in [1.165, 1.54) is 4.90 Å². The number of hydrogen-bond donors (Lipinski definition) is 1. The second-order valence-electron chi connectivity index (χ2n) is 7.07. The van der Waals surface area contributed by atoms with Gasteiger partial charge in [-0.05, 0) is 30.1 Å². The lowest BCUT2D eigenvalue weighted by Crippen LogP contribution is -2.48. The molecule has 1 aromatic rings. The van der Waals surface area contributed by atoms with Crippen molar-refractivity contribution < 1.29 is 9.90 Å². The predicted molar refractivity (Wildman–Crippen MR) is 106 cm³/mol. The zero-order chi connectivity index (χ0) is 20.1. The molecule has 1 fully saturated rings. The van der Waals surface area contributed by atoms with Gasteiger partial charge in [-0.25, -0.2) is 4.79 Å². The number of fused-ring (bicyclic) bond motifs is 2. The minimum absolute atomic E-state index is 0.231. The van der Waals surface area contributed by atoms with E-state index in [0.717, 1.165) is 5.56 Å². The molecule has 2 bridgehead atoms. The van der Waals surface area contributed by atoms with Crippen molar-refractivity contribution in [3.05, 3.63) is 72.0 Å². The molecule has 3 atom stereocenters. The van der Waals surface area contributed by atoms with Gasteiger partial charge in [-0.1, -0.05) is 55.1 Å². The van der Waals surface area contributed by atoms with E-state index in [9.17, 15) is 20.4 Å². The Hall–Kier alpha value is -3.53. The maximum Gasteiger partial charge on any atom is 0.408 e. The van der Waals surface area contributed by atoms with Crippen LogP contribution in [-0.2, 0) is 0 Å². The maximum absolute atomic E-state index is 11.7. The minimum Gasteiger partial charge on any atom is -0.465 e. The third kappa shape index (κ3) is 3.37. The highest BCUT2D eigenvalue weighted by molar-refractivity contribution is 5.68. The van der Waals surface area contributed by atoms with Gasteiger partial charge >= 0.3 is 6.09 Å². The van der Waals surface area contributed by atoms with Crippen molar-refractivity contribution in [3.8, 4) is 12.1 Å². The van der Waals surface area contributed by atoms with Crippen LogP contribution < -0.4 is 0 Å². The minimum atomic E-state index is -1.35. The van der Waals surface area contributed by atoms with E-state index in [0.29, 0.717) is 18.4 Å². The summed E-state index contributed by atoms with van der Waals surface area (Å²) in [4.78, 5) is 13.1. The van der Waals surface area contributed by atoms with Gasteiger partial charge in [0.1, 0.15) is 0 Å². The van der Waals surface area contributed by atoms with Crippen molar-refractivity contribution >= 4 is 12.2 Å². The monoisotopic (exact) mass is 371 g/mol. The van der Waals surface area contributed by atoms with Gasteiger partial charge < -0.3 is 5.11 Å². The van der Waals surface area contributed by atoms with Crippen LogP contribution in [0, 0.1) is 34.0 Å². The molecule has 2 aliphatic rings. The molecule has 5 heteroatoms. The molecule has 1 aromatic carbocycles. The largest absolute Gasteiger partial charge is 0.465 e. The summed E-state index contributed by atoms with van der Waals surface area (Å²) >= 11 is 0. The average molecular weight is 371 g/mol. The summed E-state index contributed by atoms with van der Waals surface area (Å²) in [6.07, 6.45) is 7.85. The highest BCUT2D eigenvalue weighted by Crippen LogP contribution is 2.47. The summed E-state index contributed by atoms with van der Waals surface area (Å²) in [6, 6.07) is 13.5. The van der Waals surface area contributed by atoms with E-state index in [1.54, 1.807) is 12.2 Å². The molecule has 5 nitrogen and oxygen atoms in total. The summed E-state index contributed by atoms with van der Waals surface area (Å²) in [5, 5.41) is 29.5. The van der Waals surface area contributed by atoms with Crippen molar-refractivity contribution in [3.63, 3.8) is 0 Å². The van der Waals surface area contributed by atoms with Gasteiger partial charge in [-0.15, -0.1) is 5.73 Å². The Morgan fingerprint density at radius 1 is 1.29 bits per heavy atom. The molecule has 28 heavy (non-hydrogen) atoms. The van der Waals surface area contributed by atoms with Crippen molar-refractivity contribution in [1.82, 2.24) is 4.90 Å². The van der Waals surface area contributed by atoms with Crippen molar-refractivity contribution in [2.75, 3.05) is 0 Å². The number of benzene rings is 1. The first-order chi connectivity index (χ1) is 13.6. The van der Waals surface area contributed by atoms with Crippen LogP contribution in [0.1, 0.15) is 24.8 Å². The fraction of sp³-hybridized carbons (Fsp3) is 0.304. The van der Waals surface area contributed by atoms with E-state index >= 15 is 0 Å². The number of carboxylic acid groups (broad SMARTS) is 1. The molecule has 140 valence electrons. The Bertz CT molecular complexity index is 928. The quantitative estimate of drug-likeness (QED) is 0.608. The molecule has 3 rings (SSSR count). The van der Waals surface area contributed by atoms with Gasteiger partial charge in [0.15, 0.2) is 5.41 Å². The number of hydrogen-bond acceptors (Lipinski definition) is 3. The van der Waals surface area contributed by atoms with Crippen molar-refractivity contribution in [2.24, 2.45) is 11.3 Å². The van der Waals surface area contributed by atoms with Crippen LogP contribution in [0.15, 0.2) is 66.4 Å². The molecule has 2 heterocycles. The summed E-state index contributed by atoms with van der Waals surface area (Å²) in [5.41, 5.74) is 3.04. The van der Waals surface area contributed by atoms with E-state index in [2.05, 4.69) is 24.4 Å². The van der Waals surface area contributed by atoms with Crippen LogP contribution in [-0.4, -0.2) is 28.2 Å². The molecule has 0 aromatic heterocycles. The fourth-order valence-electron chi connectivity index (χ4n) is 4.24. The predicted octanol–water partition coefficient (Wildman–Crippen LogP) is 4.53.